The van der Waals surface area contributed by atoms with Gasteiger partial charge >= 0.3 is 0 Å². The summed E-state index contributed by atoms with van der Waals surface area (Å²) in [7, 11) is 3.04. The molecule has 0 aliphatic rings. The van der Waals surface area contributed by atoms with Gasteiger partial charge in [-0.2, -0.15) is 5.26 Å². The molecule has 1 aromatic carbocycles. The number of halogens is 1. The fourth-order valence-corrected chi connectivity index (χ4v) is 2.83. The van der Waals surface area contributed by atoms with Crippen LogP contribution in [0.15, 0.2) is 52.8 Å². The van der Waals surface area contributed by atoms with Crippen molar-refractivity contribution in [3.05, 3.63) is 58.5 Å². The zero-order chi connectivity index (χ0) is 19.4. The van der Waals surface area contributed by atoms with Crippen LogP contribution in [0.3, 0.4) is 0 Å². The Balaban J connectivity index is 1.89. The third kappa shape index (κ3) is 3.93. The standard InChI is InChI=1S/C19H15BrN4O3/c1-26-16-5-4-14(8-17(16)27-2)23-19(25)12(9-21)7-15-10-22-18-6-3-13(20)11-24(15)18/h3-8,10-11H,1-2H3,(H,23,25). The predicted molar refractivity (Wildman–Crippen MR) is 105 cm³/mol. The van der Waals surface area contributed by atoms with Crippen LogP contribution in [-0.2, 0) is 4.79 Å². The lowest BCUT2D eigenvalue weighted by Crippen LogP contribution is -2.13. The number of nitriles is 1. The summed E-state index contributed by atoms with van der Waals surface area (Å²) in [6.07, 6.45) is 4.90. The van der Waals surface area contributed by atoms with Crippen LogP contribution in [0.2, 0.25) is 0 Å². The van der Waals surface area contributed by atoms with E-state index in [0.29, 0.717) is 28.5 Å². The summed E-state index contributed by atoms with van der Waals surface area (Å²) in [5.74, 6) is 0.488. The number of rotatable bonds is 5. The minimum absolute atomic E-state index is 0.0495. The largest absolute Gasteiger partial charge is 0.493 e. The number of ether oxygens (including phenoxy) is 2. The monoisotopic (exact) mass is 426 g/mol. The average Bonchev–Trinajstić information content (AvgIpc) is 3.07. The number of amides is 1. The van der Waals surface area contributed by atoms with Crippen LogP contribution in [0.4, 0.5) is 5.69 Å². The minimum atomic E-state index is -0.533. The summed E-state index contributed by atoms with van der Waals surface area (Å²) in [6.45, 7) is 0. The maximum absolute atomic E-state index is 12.5. The molecule has 2 aromatic heterocycles. The maximum Gasteiger partial charge on any atom is 0.266 e. The summed E-state index contributed by atoms with van der Waals surface area (Å²) < 4.78 is 13.0. The molecule has 27 heavy (non-hydrogen) atoms. The second-order valence-electron chi connectivity index (χ2n) is 5.45. The van der Waals surface area contributed by atoms with Crippen LogP contribution in [0.5, 0.6) is 11.5 Å². The van der Waals surface area contributed by atoms with E-state index in [9.17, 15) is 10.1 Å². The number of benzene rings is 1. The molecule has 0 bridgehead atoms. The normalized spacial score (nSPS) is 11.1. The number of anilines is 1. The summed E-state index contributed by atoms with van der Waals surface area (Å²) in [5, 5.41) is 12.1. The number of pyridine rings is 1. The molecule has 0 aliphatic heterocycles. The van der Waals surface area contributed by atoms with Gasteiger partial charge in [-0.25, -0.2) is 4.98 Å². The molecule has 3 aromatic rings. The lowest BCUT2D eigenvalue weighted by molar-refractivity contribution is -0.112. The Hall–Kier alpha value is -3.31. The second kappa shape index (κ2) is 7.93. The van der Waals surface area contributed by atoms with Crippen LogP contribution in [0.1, 0.15) is 5.69 Å². The fourth-order valence-electron chi connectivity index (χ4n) is 2.49. The van der Waals surface area contributed by atoms with E-state index in [1.54, 1.807) is 28.8 Å². The van der Waals surface area contributed by atoms with Crippen molar-refractivity contribution in [2.75, 3.05) is 19.5 Å². The topological polar surface area (TPSA) is 88.6 Å². The van der Waals surface area contributed by atoms with Gasteiger partial charge in [-0.1, -0.05) is 0 Å². The van der Waals surface area contributed by atoms with Crippen molar-refractivity contribution in [3.63, 3.8) is 0 Å². The number of nitrogens with one attached hydrogen (secondary N) is 1. The molecule has 0 atom stereocenters. The zero-order valence-electron chi connectivity index (χ0n) is 14.6. The highest BCUT2D eigenvalue weighted by Crippen LogP contribution is 2.30. The van der Waals surface area contributed by atoms with Crippen molar-refractivity contribution in [2.45, 2.75) is 0 Å². The van der Waals surface area contributed by atoms with Crippen molar-refractivity contribution in [3.8, 4) is 17.6 Å². The third-order valence-corrected chi connectivity index (χ3v) is 4.27. The number of hydrogen-bond acceptors (Lipinski definition) is 5. The molecule has 0 fully saturated rings. The maximum atomic E-state index is 12.5. The van der Waals surface area contributed by atoms with E-state index in [2.05, 4.69) is 26.2 Å². The van der Waals surface area contributed by atoms with E-state index in [1.165, 1.54) is 20.3 Å². The van der Waals surface area contributed by atoms with E-state index in [-0.39, 0.29) is 5.57 Å². The van der Waals surface area contributed by atoms with Gasteiger partial charge in [0.2, 0.25) is 0 Å². The van der Waals surface area contributed by atoms with Gasteiger partial charge in [0.15, 0.2) is 11.5 Å². The van der Waals surface area contributed by atoms with Crippen LogP contribution in [0, 0.1) is 11.3 Å². The first kappa shape index (κ1) is 18.5. The van der Waals surface area contributed by atoms with Crippen molar-refractivity contribution < 1.29 is 14.3 Å². The molecule has 2 heterocycles. The summed E-state index contributed by atoms with van der Waals surface area (Å²) >= 11 is 3.40. The predicted octanol–water partition coefficient (Wildman–Crippen LogP) is 3.66. The number of carbonyl (C=O) groups excluding carboxylic acids is 1. The lowest BCUT2D eigenvalue weighted by atomic mass is 10.2. The van der Waals surface area contributed by atoms with E-state index in [0.717, 1.165) is 4.47 Å². The SMILES string of the molecule is COc1ccc(NC(=O)C(C#N)=Cc2cnc3ccc(Br)cn23)cc1OC. The first-order valence-corrected chi connectivity index (χ1v) is 8.63. The van der Waals surface area contributed by atoms with Gasteiger partial charge in [0.05, 0.1) is 26.1 Å². The number of fused-ring (bicyclic) bond motifs is 1. The summed E-state index contributed by atoms with van der Waals surface area (Å²) in [5.41, 5.74) is 1.76. The molecule has 1 N–H and O–H groups in total. The Morgan fingerprint density at radius 2 is 2.04 bits per heavy atom. The molecule has 8 heteroatoms. The Morgan fingerprint density at radius 1 is 1.26 bits per heavy atom. The average molecular weight is 427 g/mol. The molecule has 136 valence electrons. The summed E-state index contributed by atoms with van der Waals surface area (Å²) in [6, 6.07) is 10.6. The Labute approximate surface area is 164 Å². The van der Waals surface area contributed by atoms with Gasteiger partial charge in [-0.3, -0.25) is 9.20 Å². The zero-order valence-corrected chi connectivity index (χ0v) is 16.1. The minimum Gasteiger partial charge on any atom is -0.493 e. The van der Waals surface area contributed by atoms with Crippen molar-refractivity contribution in [1.29, 1.82) is 5.26 Å². The van der Waals surface area contributed by atoms with Gasteiger partial charge < -0.3 is 14.8 Å². The van der Waals surface area contributed by atoms with Crippen LogP contribution in [-0.4, -0.2) is 29.5 Å². The quantitative estimate of drug-likeness (QED) is 0.496. The van der Waals surface area contributed by atoms with Gasteiger partial charge in [0, 0.05) is 22.4 Å². The van der Waals surface area contributed by atoms with Gasteiger partial charge in [-0.15, -0.1) is 0 Å². The van der Waals surface area contributed by atoms with Gasteiger partial charge in [0.1, 0.15) is 17.3 Å². The van der Waals surface area contributed by atoms with Gasteiger partial charge in [-0.05, 0) is 46.3 Å². The van der Waals surface area contributed by atoms with E-state index >= 15 is 0 Å². The molecule has 0 saturated heterocycles. The van der Waals surface area contributed by atoms with Crippen LogP contribution in [0.25, 0.3) is 11.7 Å². The molecule has 7 nitrogen and oxygen atoms in total. The first-order valence-electron chi connectivity index (χ1n) is 7.83. The number of nitrogens with zero attached hydrogens (tertiary/aromatic N) is 3. The van der Waals surface area contributed by atoms with Crippen LogP contribution < -0.4 is 14.8 Å². The number of hydrogen-bond donors (Lipinski definition) is 1. The molecule has 0 radical (unpaired) electrons. The Bertz CT molecular complexity index is 1080. The first-order chi connectivity index (χ1) is 13.0. The summed E-state index contributed by atoms with van der Waals surface area (Å²) in [4.78, 5) is 16.8. The molecular weight excluding hydrogens is 412 g/mol. The number of methoxy groups -OCH3 is 2. The molecule has 0 unspecified atom stereocenters. The Kier molecular flexibility index (Phi) is 5.43. The molecular formula is C19H15BrN4O3. The number of imidazole rings is 1. The molecule has 0 saturated carbocycles. The molecule has 0 spiro atoms. The lowest BCUT2D eigenvalue weighted by Gasteiger charge is -2.10. The molecule has 1 amide bonds. The molecule has 3 rings (SSSR count). The second-order valence-corrected chi connectivity index (χ2v) is 6.37. The Morgan fingerprint density at radius 3 is 2.74 bits per heavy atom. The molecule has 0 aliphatic carbocycles. The van der Waals surface area contributed by atoms with Gasteiger partial charge in [0.25, 0.3) is 5.91 Å². The number of aromatic nitrogens is 2. The van der Waals surface area contributed by atoms with E-state index < -0.39 is 5.91 Å². The van der Waals surface area contributed by atoms with Crippen molar-refractivity contribution in [2.24, 2.45) is 0 Å². The smallest absolute Gasteiger partial charge is 0.266 e. The van der Waals surface area contributed by atoms with E-state index in [4.69, 9.17) is 9.47 Å². The highest BCUT2D eigenvalue weighted by Gasteiger charge is 2.13. The fraction of sp³-hybridized carbons (Fsp3) is 0.105. The van der Waals surface area contributed by atoms with E-state index in [1.807, 2.05) is 24.4 Å². The van der Waals surface area contributed by atoms with Crippen molar-refractivity contribution in [1.82, 2.24) is 9.38 Å². The van der Waals surface area contributed by atoms with Crippen LogP contribution >= 0.6 is 15.9 Å². The highest BCUT2D eigenvalue weighted by molar-refractivity contribution is 9.10. The highest BCUT2D eigenvalue weighted by atomic mass is 79.9. The number of carbonyl (C=O) groups is 1. The van der Waals surface area contributed by atoms with Crippen molar-refractivity contribution >= 4 is 39.2 Å². The third-order valence-electron chi connectivity index (χ3n) is 3.80.